The molecule has 0 saturated carbocycles. The first-order chi connectivity index (χ1) is 10.2. The Bertz CT molecular complexity index is 638. The first-order valence-electron chi connectivity index (χ1n) is 7.53. The van der Waals surface area contributed by atoms with Crippen molar-refractivity contribution < 1.29 is 0 Å². The normalized spacial score (nSPS) is 19.1. The third-order valence-corrected chi connectivity index (χ3v) is 4.37. The highest BCUT2D eigenvalue weighted by Gasteiger charge is 2.31. The van der Waals surface area contributed by atoms with Crippen LogP contribution in [0.25, 0.3) is 0 Å². The second-order valence-corrected chi connectivity index (χ2v) is 5.91. The van der Waals surface area contributed by atoms with E-state index in [2.05, 4.69) is 41.4 Å². The largest absolute Gasteiger partial charge is 0.271 e. The predicted molar refractivity (Wildman–Crippen MR) is 83.7 cm³/mol. The molecule has 21 heavy (non-hydrogen) atoms. The van der Waals surface area contributed by atoms with Gasteiger partial charge in [-0.1, -0.05) is 12.1 Å². The Balaban J connectivity index is 2.01. The topological polar surface area (TPSA) is 63.8 Å². The number of nitrogens with zero attached hydrogens (tertiary/aromatic N) is 2. The third kappa shape index (κ3) is 2.69. The molecule has 3 N–H and O–H groups in total. The lowest BCUT2D eigenvalue weighted by molar-refractivity contribution is 0.391. The lowest BCUT2D eigenvalue weighted by atomic mass is 9.80. The minimum Gasteiger partial charge on any atom is -0.271 e. The molecule has 2 aromatic heterocycles. The van der Waals surface area contributed by atoms with Gasteiger partial charge in [0.2, 0.25) is 0 Å². The molecule has 110 valence electrons. The number of pyridine rings is 2. The fourth-order valence-electron chi connectivity index (χ4n) is 3.41. The quantitative estimate of drug-likeness (QED) is 0.671. The van der Waals surface area contributed by atoms with E-state index in [1.807, 2.05) is 18.5 Å². The average Bonchev–Trinajstić information content (AvgIpc) is 2.50. The maximum Gasteiger partial charge on any atom is 0.0718 e. The number of hydrogen-bond donors (Lipinski definition) is 2. The van der Waals surface area contributed by atoms with Crippen LogP contribution in [-0.2, 0) is 6.42 Å². The molecule has 4 heteroatoms. The predicted octanol–water partition coefficient (Wildman–Crippen LogP) is 2.72. The van der Waals surface area contributed by atoms with Crippen molar-refractivity contribution in [2.45, 2.75) is 45.1 Å². The summed E-state index contributed by atoms with van der Waals surface area (Å²) in [6.45, 7) is 4.16. The zero-order valence-corrected chi connectivity index (χ0v) is 12.6. The summed E-state index contributed by atoms with van der Waals surface area (Å²) in [7, 11) is 0. The van der Waals surface area contributed by atoms with Crippen molar-refractivity contribution in [1.82, 2.24) is 15.4 Å². The van der Waals surface area contributed by atoms with Crippen molar-refractivity contribution in [2.75, 3.05) is 0 Å². The number of aryl methyl sites for hydroxylation is 3. The molecular weight excluding hydrogens is 260 g/mol. The average molecular weight is 282 g/mol. The SMILES string of the molecule is Cc1cnc(C(NN)C2CCCc3cccnc32)c(C)c1. The van der Waals surface area contributed by atoms with Gasteiger partial charge in [0.25, 0.3) is 0 Å². The number of hydrazine groups is 1. The van der Waals surface area contributed by atoms with Crippen molar-refractivity contribution >= 4 is 0 Å². The van der Waals surface area contributed by atoms with Crippen LogP contribution in [0.3, 0.4) is 0 Å². The summed E-state index contributed by atoms with van der Waals surface area (Å²) in [5.41, 5.74) is 8.90. The molecule has 2 unspecified atom stereocenters. The number of fused-ring (bicyclic) bond motifs is 1. The number of nitrogens with two attached hydrogens (primary N) is 1. The summed E-state index contributed by atoms with van der Waals surface area (Å²) in [5, 5.41) is 0. The van der Waals surface area contributed by atoms with Gasteiger partial charge in [-0.25, -0.2) is 0 Å². The first kappa shape index (κ1) is 14.2. The van der Waals surface area contributed by atoms with E-state index < -0.39 is 0 Å². The minimum atomic E-state index is 0.0135. The Labute approximate surface area is 125 Å². The molecule has 4 nitrogen and oxygen atoms in total. The maximum atomic E-state index is 5.88. The van der Waals surface area contributed by atoms with Crippen LogP contribution in [0.4, 0.5) is 0 Å². The molecule has 1 aliphatic carbocycles. The molecule has 0 fully saturated rings. The van der Waals surface area contributed by atoms with E-state index in [0.717, 1.165) is 18.5 Å². The monoisotopic (exact) mass is 282 g/mol. The second kappa shape index (κ2) is 5.92. The molecule has 3 rings (SSSR count). The molecular formula is C17H22N4. The van der Waals surface area contributed by atoms with Gasteiger partial charge >= 0.3 is 0 Å². The zero-order chi connectivity index (χ0) is 14.8. The molecule has 2 atom stereocenters. The van der Waals surface area contributed by atoms with Crippen molar-refractivity contribution in [2.24, 2.45) is 5.84 Å². The lowest BCUT2D eigenvalue weighted by Crippen LogP contribution is -2.35. The molecule has 0 aliphatic heterocycles. The summed E-state index contributed by atoms with van der Waals surface area (Å²) < 4.78 is 0. The molecule has 0 amide bonds. The summed E-state index contributed by atoms with van der Waals surface area (Å²) >= 11 is 0. The Morgan fingerprint density at radius 3 is 2.95 bits per heavy atom. The van der Waals surface area contributed by atoms with E-state index in [1.54, 1.807) is 0 Å². The number of rotatable bonds is 3. The Morgan fingerprint density at radius 2 is 2.19 bits per heavy atom. The van der Waals surface area contributed by atoms with E-state index in [-0.39, 0.29) is 12.0 Å². The van der Waals surface area contributed by atoms with Crippen LogP contribution in [0, 0.1) is 13.8 Å². The molecule has 0 aromatic carbocycles. The molecule has 0 spiro atoms. The standard InChI is InChI=1S/C17H22N4/c1-11-9-12(2)15(20-10-11)17(21-18)14-7-3-5-13-6-4-8-19-16(13)14/h4,6,8-10,14,17,21H,3,5,7,18H2,1-2H3. The fourth-order valence-corrected chi connectivity index (χ4v) is 3.41. The zero-order valence-electron chi connectivity index (χ0n) is 12.6. The van der Waals surface area contributed by atoms with Crippen LogP contribution in [-0.4, -0.2) is 9.97 Å². The Kier molecular flexibility index (Phi) is 3.99. The van der Waals surface area contributed by atoms with Gasteiger partial charge in [0.05, 0.1) is 11.7 Å². The van der Waals surface area contributed by atoms with Crippen LogP contribution < -0.4 is 11.3 Å². The first-order valence-corrected chi connectivity index (χ1v) is 7.53. The molecule has 0 radical (unpaired) electrons. The highest BCUT2D eigenvalue weighted by molar-refractivity contribution is 5.32. The number of aromatic nitrogens is 2. The molecule has 2 aromatic rings. The second-order valence-electron chi connectivity index (χ2n) is 5.91. The summed E-state index contributed by atoms with van der Waals surface area (Å²) in [4.78, 5) is 9.25. The van der Waals surface area contributed by atoms with E-state index in [0.29, 0.717) is 0 Å². The van der Waals surface area contributed by atoms with Gasteiger partial charge in [0, 0.05) is 24.0 Å². The smallest absolute Gasteiger partial charge is 0.0718 e. The molecule has 1 aliphatic rings. The van der Waals surface area contributed by atoms with Crippen LogP contribution >= 0.6 is 0 Å². The van der Waals surface area contributed by atoms with E-state index >= 15 is 0 Å². The van der Waals surface area contributed by atoms with Crippen molar-refractivity contribution in [3.8, 4) is 0 Å². The van der Waals surface area contributed by atoms with Crippen LogP contribution in [0.5, 0.6) is 0 Å². The summed E-state index contributed by atoms with van der Waals surface area (Å²) in [5.74, 6) is 6.17. The van der Waals surface area contributed by atoms with E-state index in [4.69, 9.17) is 5.84 Å². The fraction of sp³-hybridized carbons (Fsp3) is 0.412. The molecule has 0 bridgehead atoms. The Hall–Kier alpha value is -1.78. The van der Waals surface area contributed by atoms with Crippen LogP contribution in [0.15, 0.2) is 30.6 Å². The van der Waals surface area contributed by atoms with Crippen molar-refractivity contribution in [3.05, 3.63) is 58.7 Å². The van der Waals surface area contributed by atoms with Gasteiger partial charge in [-0.2, -0.15) is 0 Å². The van der Waals surface area contributed by atoms with E-state index in [1.165, 1.54) is 28.8 Å². The maximum absolute atomic E-state index is 5.88. The lowest BCUT2D eigenvalue weighted by Gasteiger charge is -2.31. The van der Waals surface area contributed by atoms with Gasteiger partial charge in [-0.3, -0.25) is 21.2 Å². The van der Waals surface area contributed by atoms with Crippen molar-refractivity contribution in [3.63, 3.8) is 0 Å². The highest BCUT2D eigenvalue weighted by Crippen LogP contribution is 2.39. The van der Waals surface area contributed by atoms with Gasteiger partial charge < -0.3 is 0 Å². The van der Waals surface area contributed by atoms with Gasteiger partial charge in [-0.15, -0.1) is 0 Å². The molecule has 2 heterocycles. The number of nitrogens with one attached hydrogen (secondary N) is 1. The van der Waals surface area contributed by atoms with E-state index in [9.17, 15) is 0 Å². The van der Waals surface area contributed by atoms with Gasteiger partial charge in [-0.05, 0) is 55.9 Å². The van der Waals surface area contributed by atoms with Crippen molar-refractivity contribution in [1.29, 1.82) is 0 Å². The minimum absolute atomic E-state index is 0.0135. The molecule has 0 saturated heterocycles. The van der Waals surface area contributed by atoms with Gasteiger partial charge in [0.15, 0.2) is 0 Å². The highest BCUT2D eigenvalue weighted by atomic mass is 15.2. The third-order valence-electron chi connectivity index (χ3n) is 4.37. The van der Waals surface area contributed by atoms with Crippen LogP contribution in [0.1, 0.15) is 52.9 Å². The summed E-state index contributed by atoms with van der Waals surface area (Å²) in [6, 6.07) is 6.37. The Morgan fingerprint density at radius 1 is 1.33 bits per heavy atom. The number of hydrogen-bond acceptors (Lipinski definition) is 4. The van der Waals surface area contributed by atoms with Gasteiger partial charge in [0.1, 0.15) is 0 Å². The van der Waals surface area contributed by atoms with Crippen LogP contribution in [0.2, 0.25) is 0 Å². The summed E-state index contributed by atoms with van der Waals surface area (Å²) in [6.07, 6.45) is 7.16.